The Bertz CT molecular complexity index is 646. The zero-order valence-electron chi connectivity index (χ0n) is 11.4. The van der Waals surface area contributed by atoms with Crippen LogP contribution < -0.4 is 5.32 Å². The summed E-state index contributed by atoms with van der Waals surface area (Å²) >= 11 is 1.25. The molecule has 1 unspecified atom stereocenters. The second-order valence-electron chi connectivity index (χ2n) is 4.51. The summed E-state index contributed by atoms with van der Waals surface area (Å²) in [5, 5.41) is 11.5. The van der Waals surface area contributed by atoms with Crippen LogP contribution in [0.1, 0.15) is 21.5 Å². The number of carbonyl (C=O) groups excluding carboxylic acids is 1. The van der Waals surface area contributed by atoms with Gasteiger partial charge in [0.1, 0.15) is 0 Å². The molecular formula is C14H15N3O3S. The Hall–Kier alpha value is -2.41. The Morgan fingerprint density at radius 2 is 2.33 bits per heavy atom. The first kappa shape index (κ1) is 15.0. The maximum atomic E-state index is 12.1. The highest BCUT2D eigenvalue weighted by Crippen LogP contribution is 2.18. The molecule has 0 aliphatic carbocycles. The van der Waals surface area contributed by atoms with Crippen molar-refractivity contribution in [1.82, 2.24) is 14.9 Å². The summed E-state index contributed by atoms with van der Waals surface area (Å²) < 4.78 is 1.89. The van der Waals surface area contributed by atoms with Crippen molar-refractivity contribution in [3.05, 3.63) is 46.7 Å². The molecular weight excluding hydrogens is 290 g/mol. The number of nitrogens with one attached hydrogen (secondary N) is 1. The largest absolute Gasteiger partial charge is 0.478 e. The number of aromatic nitrogens is 2. The molecule has 6 nitrogen and oxygen atoms in total. The highest BCUT2D eigenvalue weighted by atomic mass is 32.1. The average molecular weight is 305 g/mol. The molecule has 0 radical (unpaired) electrons. The van der Waals surface area contributed by atoms with Crippen molar-refractivity contribution in [3.63, 3.8) is 0 Å². The molecule has 0 aliphatic heterocycles. The highest BCUT2D eigenvalue weighted by Gasteiger charge is 2.12. The minimum absolute atomic E-state index is 0.0354. The van der Waals surface area contributed by atoms with Gasteiger partial charge in [-0.15, -0.1) is 11.3 Å². The van der Waals surface area contributed by atoms with Gasteiger partial charge in [-0.2, -0.15) is 0 Å². The van der Waals surface area contributed by atoms with Crippen LogP contribution in [0.5, 0.6) is 0 Å². The Morgan fingerprint density at radius 3 is 3.00 bits per heavy atom. The average Bonchev–Trinajstić information content (AvgIpc) is 3.06. The highest BCUT2D eigenvalue weighted by molar-refractivity contribution is 7.14. The first-order chi connectivity index (χ1) is 10.0. The first-order valence-corrected chi connectivity index (χ1v) is 7.13. The molecule has 0 aromatic carbocycles. The van der Waals surface area contributed by atoms with Crippen molar-refractivity contribution < 1.29 is 14.7 Å². The van der Waals surface area contributed by atoms with Crippen molar-refractivity contribution in [2.24, 2.45) is 0 Å². The van der Waals surface area contributed by atoms with Gasteiger partial charge in [-0.25, -0.2) is 9.78 Å². The van der Waals surface area contributed by atoms with Gasteiger partial charge in [0.25, 0.3) is 5.91 Å². The van der Waals surface area contributed by atoms with E-state index in [1.54, 1.807) is 24.7 Å². The van der Waals surface area contributed by atoms with Crippen LogP contribution in [0.25, 0.3) is 6.08 Å². The minimum atomic E-state index is -1.01. The fourth-order valence-corrected chi connectivity index (χ4v) is 2.58. The topological polar surface area (TPSA) is 84.2 Å². The van der Waals surface area contributed by atoms with E-state index < -0.39 is 5.97 Å². The summed E-state index contributed by atoms with van der Waals surface area (Å²) in [5.74, 6) is -1.18. The Balaban J connectivity index is 1.92. The minimum Gasteiger partial charge on any atom is -0.478 e. The summed E-state index contributed by atoms with van der Waals surface area (Å²) in [7, 11) is 0. The second kappa shape index (κ2) is 6.85. The monoisotopic (exact) mass is 305 g/mol. The maximum Gasteiger partial charge on any atom is 0.328 e. The predicted octanol–water partition coefficient (Wildman–Crippen LogP) is 1.86. The van der Waals surface area contributed by atoms with Gasteiger partial charge in [0, 0.05) is 35.9 Å². The summed E-state index contributed by atoms with van der Waals surface area (Å²) in [4.78, 5) is 27.7. The van der Waals surface area contributed by atoms with E-state index in [-0.39, 0.29) is 11.9 Å². The molecule has 1 atom stereocenters. The normalized spacial score (nSPS) is 12.4. The van der Waals surface area contributed by atoms with Gasteiger partial charge in [-0.1, -0.05) is 0 Å². The van der Waals surface area contributed by atoms with Crippen LogP contribution in [0, 0.1) is 0 Å². The lowest BCUT2D eigenvalue weighted by Gasteiger charge is -2.13. The van der Waals surface area contributed by atoms with Gasteiger partial charge in [0.05, 0.1) is 11.2 Å². The van der Waals surface area contributed by atoms with Gasteiger partial charge < -0.3 is 15.0 Å². The van der Waals surface area contributed by atoms with E-state index in [1.807, 2.05) is 17.7 Å². The molecule has 2 N–H and O–H groups in total. The number of aliphatic carboxylic acids is 1. The molecule has 21 heavy (non-hydrogen) atoms. The van der Waals surface area contributed by atoms with Crippen LogP contribution in [0.2, 0.25) is 0 Å². The van der Waals surface area contributed by atoms with Crippen LogP contribution >= 0.6 is 11.3 Å². The standard InChI is InChI=1S/C14H15N3O3S/c1-10(8-17-7-6-15-9-17)16-14(20)12-4-2-11(21-12)3-5-13(18)19/h2-7,9-10H,8H2,1H3,(H,16,20)(H,18,19). The zero-order valence-corrected chi connectivity index (χ0v) is 12.2. The molecule has 2 heterocycles. The number of thiophene rings is 1. The third-order valence-corrected chi connectivity index (χ3v) is 3.71. The van der Waals surface area contributed by atoms with Gasteiger partial charge in [-0.3, -0.25) is 4.79 Å². The van der Waals surface area contributed by atoms with E-state index in [4.69, 9.17) is 5.11 Å². The smallest absolute Gasteiger partial charge is 0.328 e. The van der Waals surface area contributed by atoms with Crippen molar-refractivity contribution in [2.45, 2.75) is 19.5 Å². The number of hydrogen-bond acceptors (Lipinski definition) is 4. The van der Waals surface area contributed by atoms with E-state index in [9.17, 15) is 9.59 Å². The number of amides is 1. The van der Waals surface area contributed by atoms with E-state index in [1.165, 1.54) is 17.4 Å². The van der Waals surface area contributed by atoms with Gasteiger partial charge in [-0.05, 0) is 25.1 Å². The molecule has 0 saturated heterocycles. The molecule has 0 aliphatic rings. The summed E-state index contributed by atoms with van der Waals surface area (Å²) in [6, 6.07) is 3.37. The van der Waals surface area contributed by atoms with Crippen LogP contribution in [-0.4, -0.2) is 32.6 Å². The fraction of sp³-hybridized carbons (Fsp3) is 0.214. The summed E-state index contributed by atoms with van der Waals surface area (Å²) in [5.41, 5.74) is 0. The molecule has 0 bridgehead atoms. The van der Waals surface area contributed by atoms with E-state index in [0.29, 0.717) is 11.4 Å². The van der Waals surface area contributed by atoms with Crippen molar-refractivity contribution >= 4 is 29.3 Å². The molecule has 0 saturated carbocycles. The molecule has 110 valence electrons. The van der Waals surface area contributed by atoms with Gasteiger partial charge in [0.2, 0.25) is 0 Å². The van der Waals surface area contributed by atoms with E-state index >= 15 is 0 Å². The van der Waals surface area contributed by atoms with Crippen LogP contribution in [-0.2, 0) is 11.3 Å². The number of hydrogen-bond donors (Lipinski definition) is 2. The number of rotatable bonds is 6. The second-order valence-corrected chi connectivity index (χ2v) is 5.62. The Morgan fingerprint density at radius 1 is 1.52 bits per heavy atom. The molecule has 7 heteroatoms. The molecule has 0 spiro atoms. The van der Waals surface area contributed by atoms with E-state index in [2.05, 4.69) is 10.3 Å². The molecule has 2 aromatic rings. The number of nitrogens with zero attached hydrogens (tertiary/aromatic N) is 2. The van der Waals surface area contributed by atoms with Crippen LogP contribution in [0.3, 0.4) is 0 Å². The molecule has 2 aromatic heterocycles. The number of carbonyl (C=O) groups is 2. The summed E-state index contributed by atoms with van der Waals surface area (Å²) in [6.45, 7) is 2.56. The number of imidazole rings is 1. The molecule has 0 fully saturated rings. The summed E-state index contributed by atoms with van der Waals surface area (Å²) in [6.07, 6.45) is 7.74. The lowest BCUT2D eigenvalue weighted by atomic mass is 10.3. The predicted molar refractivity (Wildman–Crippen MR) is 80.1 cm³/mol. The lowest BCUT2D eigenvalue weighted by Crippen LogP contribution is -2.35. The SMILES string of the molecule is CC(Cn1ccnc1)NC(=O)c1ccc(C=CC(=O)O)s1. The Kier molecular flexibility index (Phi) is 4.89. The maximum absolute atomic E-state index is 12.1. The van der Waals surface area contributed by atoms with Gasteiger partial charge in [0.15, 0.2) is 0 Å². The first-order valence-electron chi connectivity index (χ1n) is 6.32. The number of carboxylic acid groups (broad SMARTS) is 1. The number of carboxylic acids is 1. The Labute approximate surface area is 125 Å². The van der Waals surface area contributed by atoms with Crippen molar-refractivity contribution in [1.29, 1.82) is 0 Å². The van der Waals surface area contributed by atoms with Crippen molar-refractivity contribution in [2.75, 3.05) is 0 Å². The third-order valence-electron chi connectivity index (χ3n) is 2.66. The van der Waals surface area contributed by atoms with E-state index in [0.717, 1.165) is 11.0 Å². The quantitative estimate of drug-likeness (QED) is 0.798. The van der Waals surface area contributed by atoms with Crippen LogP contribution in [0.15, 0.2) is 36.9 Å². The van der Waals surface area contributed by atoms with Crippen molar-refractivity contribution in [3.8, 4) is 0 Å². The molecule has 2 rings (SSSR count). The zero-order chi connectivity index (χ0) is 15.2. The fourth-order valence-electron chi connectivity index (χ4n) is 1.77. The lowest BCUT2D eigenvalue weighted by molar-refractivity contribution is -0.131. The molecule has 1 amide bonds. The third kappa shape index (κ3) is 4.57. The van der Waals surface area contributed by atoms with Crippen LogP contribution in [0.4, 0.5) is 0 Å². The van der Waals surface area contributed by atoms with Gasteiger partial charge >= 0.3 is 5.97 Å².